The molecule has 1 aliphatic rings. The number of methoxy groups -OCH3 is 1. The van der Waals surface area contributed by atoms with Crippen LogP contribution in [0.5, 0.6) is 5.75 Å². The lowest BCUT2D eigenvalue weighted by Gasteiger charge is -2.27. The second kappa shape index (κ2) is 4.81. The van der Waals surface area contributed by atoms with E-state index in [1.165, 1.54) is 29.7 Å². The van der Waals surface area contributed by atoms with E-state index in [0.29, 0.717) is 5.41 Å². The van der Waals surface area contributed by atoms with Gasteiger partial charge in [-0.3, -0.25) is 0 Å². The molecular weight excluding hydrogens is 224 g/mol. The van der Waals surface area contributed by atoms with E-state index < -0.39 is 0 Å². The van der Waals surface area contributed by atoms with E-state index >= 15 is 0 Å². The van der Waals surface area contributed by atoms with Crippen molar-refractivity contribution in [2.45, 2.75) is 26.7 Å². The first-order valence-corrected chi connectivity index (χ1v) is 6.58. The topological polar surface area (TPSA) is 38.5 Å². The Morgan fingerprint density at radius 3 is 2.39 bits per heavy atom. The van der Waals surface area contributed by atoms with Crippen molar-refractivity contribution in [3.63, 3.8) is 0 Å². The largest absolute Gasteiger partial charge is 0.495 e. The predicted molar refractivity (Wildman–Crippen MR) is 76.5 cm³/mol. The molecule has 2 rings (SSSR count). The fourth-order valence-corrected chi connectivity index (χ4v) is 2.43. The summed E-state index contributed by atoms with van der Waals surface area (Å²) in [6, 6.07) is 4.32. The van der Waals surface area contributed by atoms with Crippen LogP contribution in [0, 0.1) is 19.3 Å². The first-order valence-electron chi connectivity index (χ1n) is 6.58. The number of ether oxygens (including phenoxy) is 1. The van der Waals surface area contributed by atoms with Gasteiger partial charge in [0.05, 0.1) is 12.8 Å². The van der Waals surface area contributed by atoms with Crippen molar-refractivity contribution in [3.8, 4) is 5.75 Å². The molecule has 0 unspecified atom stereocenters. The summed E-state index contributed by atoms with van der Waals surface area (Å²) in [7, 11) is 3.86. The molecule has 3 heteroatoms. The molecule has 0 atom stereocenters. The normalized spacial score (nSPS) is 16.5. The van der Waals surface area contributed by atoms with Gasteiger partial charge in [-0.15, -0.1) is 0 Å². The number of rotatable bonds is 5. The smallest absolute Gasteiger partial charge is 0.142 e. The maximum Gasteiger partial charge on any atom is 0.142 e. The summed E-state index contributed by atoms with van der Waals surface area (Å²) in [5, 5.41) is 0. The minimum atomic E-state index is 0.346. The average molecular weight is 248 g/mol. The molecule has 0 saturated heterocycles. The molecule has 0 aliphatic heterocycles. The SMILES string of the molecule is COc1cc(C)c(C)cc1N(C)CC1(CN)CC1. The first kappa shape index (κ1) is 13.2. The van der Waals surface area contributed by atoms with Crippen LogP contribution in [-0.4, -0.2) is 27.2 Å². The lowest BCUT2D eigenvalue weighted by atomic mass is 10.0. The molecule has 1 aromatic carbocycles. The van der Waals surface area contributed by atoms with Gasteiger partial charge in [-0.05, 0) is 56.5 Å². The third kappa shape index (κ3) is 2.46. The molecule has 18 heavy (non-hydrogen) atoms. The summed E-state index contributed by atoms with van der Waals surface area (Å²) in [5.74, 6) is 0.952. The quantitative estimate of drug-likeness (QED) is 0.870. The van der Waals surface area contributed by atoms with Crippen molar-refractivity contribution in [2.24, 2.45) is 11.1 Å². The average Bonchev–Trinajstić information content (AvgIpc) is 3.12. The minimum absolute atomic E-state index is 0.346. The zero-order valence-corrected chi connectivity index (χ0v) is 11.9. The fraction of sp³-hybridized carbons (Fsp3) is 0.600. The Balaban J connectivity index is 2.23. The van der Waals surface area contributed by atoms with E-state index in [0.717, 1.165) is 18.8 Å². The number of nitrogens with zero attached hydrogens (tertiary/aromatic N) is 1. The second-order valence-corrected chi connectivity index (χ2v) is 5.67. The number of benzene rings is 1. The lowest BCUT2D eigenvalue weighted by Crippen LogP contribution is -2.31. The highest BCUT2D eigenvalue weighted by Crippen LogP contribution is 2.46. The van der Waals surface area contributed by atoms with Crippen molar-refractivity contribution in [1.82, 2.24) is 0 Å². The summed E-state index contributed by atoms with van der Waals surface area (Å²) >= 11 is 0. The van der Waals surface area contributed by atoms with Crippen molar-refractivity contribution in [2.75, 3.05) is 32.1 Å². The van der Waals surface area contributed by atoms with Crippen LogP contribution in [0.15, 0.2) is 12.1 Å². The Hall–Kier alpha value is -1.22. The summed E-state index contributed by atoms with van der Waals surface area (Å²) in [6.07, 6.45) is 2.50. The predicted octanol–water partition coefficient (Wildman–Crippen LogP) is 2.49. The Labute approximate surface area is 110 Å². The van der Waals surface area contributed by atoms with Gasteiger partial charge >= 0.3 is 0 Å². The second-order valence-electron chi connectivity index (χ2n) is 5.67. The van der Waals surface area contributed by atoms with Crippen LogP contribution in [0.3, 0.4) is 0 Å². The van der Waals surface area contributed by atoms with E-state index in [-0.39, 0.29) is 0 Å². The summed E-state index contributed by atoms with van der Waals surface area (Å²) < 4.78 is 5.50. The minimum Gasteiger partial charge on any atom is -0.495 e. The molecule has 0 heterocycles. The molecule has 0 bridgehead atoms. The van der Waals surface area contributed by atoms with Gasteiger partial charge in [0.25, 0.3) is 0 Å². The number of anilines is 1. The molecule has 1 saturated carbocycles. The van der Waals surface area contributed by atoms with E-state index in [1.807, 2.05) is 0 Å². The van der Waals surface area contributed by atoms with Gasteiger partial charge in [0.2, 0.25) is 0 Å². The molecule has 0 radical (unpaired) electrons. The van der Waals surface area contributed by atoms with Gasteiger partial charge in [0.1, 0.15) is 5.75 Å². The number of hydrogen-bond acceptors (Lipinski definition) is 3. The zero-order valence-electron chi connectivity index (χ0n) is 11.9. The monoisotopic (exact) mass is 248 g/mol. The van der Waals surface area contributed by atoms with Crippen LogP contribution >= 0.6 is 0 Å². The molecule has 1 fully saturated rings. The lowest BCUT2D eigenvalue weighted by molar-refractivity contribution is 0.412. The Kier molecular flexibility index (Phi) is 3.53. The first-order chi connectivity index (χ1) is 8.51. The highest BCUT2D eigenvalue weighted by molar-refractivity contribution is 5.61. The Morgan fingerprint density at radius 1 is 1.28 bits per heavy atom. The van der Waals surface area contributed by atoms with Crippen LogP contribution in [0.1, 0.15) is 24.0 Å². The Morgan fingerprint density at radius 2 is 1.89 bits per heavy atom. The molecule has 0 amide bonds. The van der Waals surface area contributed by atoms with Gasteiger partial charge in [-0.1, -0.05) is 0 Å². The Bertz CT molecular complexity index is 438. The highest BCUT2D eigenvalue weighted by atomic mass is 16.5. The third-order valence-corrected chi connectivity index (χ3v) is 4.17. The van der Waals surface area contributed by atoms with Gasteiger partial charge in [-0.2, -0.15) is 0 Å². The molecule has 3 nitrogen and oxygen atoms in total. The standard InChI is InChI=1S/C15H24N2O/c1-11-7-13(14(18-4)8-12(11)2)17(3)10-15(9-16)5-6-15/h7-8H,5-6,9-10,16H2,1-4H3. The fourth-order valence-electron chi connectivity index (χ4n) is 2.43. The van der Waals surface area contributed by atoms with Gasteiger partial charge in [0, 0.05) is 19.0 Å². The van der Waals surface area contributed by atoms with Crippen LogP contribution in [0.25, 0.3) is 0 Å². The van der Waals surface area contributed by atoms with Crippen molar-refractivity contribution < 1.29 is 4.74 Å². The molecule has 100 valence electrons. The molecule has 0 aromatic heterocycles. The van der Waals surface area contributed by atoms with E-state index in [2.05, 4.69) is 37.9 Å². The maximum absolute atomic E-state index is 5.86. The van der Waals surface area contributed by atoms with E-state index in [9.17, 15) is 0 Å². The molecular formula is C15H24N2O. The van der Waals surface area contributed by atoms with Crippen LogP contribution in [-0.2, 0) is 0 Å². The highest BCUT2D eigenvalue weighted by Gasteiger charge is 2.42. The third-order valence-electron chi connectivity index (χ3n) is 4.17. The summed E-state index contributed by atoms with van der Waals surface area (Å²) in [4.78, 5) is 2.28. The molecule has 2 N–H and O–H groups in total. The van der Waals surface area contributed by atoms with Crippen LogP contribution < -0.4 is 15.4 Å². The van der Waals surface area contributed by atoms with Gasteiger partial charge in [0.15, 0.2) is 0 Å². The van der Waals surface area contributed by atoms with Crippen molar-refractivity contribution in [3.05, 3.63) is 23.3 Å². The molecule has 1 aromatic rings. The van der Waals surface area contributed by atoms with Gasteiger partial charge < -0.3 is 15.4 Å². The van der Waals surface area contributed by atoms with Crippen molar-refractivity contribution in [1.29, 1.82) is 0 Å². The van der Waals surface area contributed by atoms with Crippen LogP contribution in [0.4, 0.5) is 5.69 Å². The van der Waals surface area contributed by atoms with Crippen LogP contribution in [0.2, 0.25) is 0 Å². The van der Waals surface area contributed by atoms with E-state index in [1.54, 1.807) is 7.11 Å². The summed E-state index contributed by atoms with van der Waals surface area (Å²) in [5.41, 5.74) is 9.94. The van der Waals surface area contributed by atoms with E-state index in [4.69, 9.17) is 10.5 Å². The number of hydrogen-bond donors (Lipinski definition) is 1. The van der Waals surface area contributed by atoms with Crippen molar-refractivity contribution >= 4 is 5.69 Å². The number of aryl methyl sites for hydroxylation is 2. The molecule has 1 aliphatic carbocycles. The summed E-state index contributed by atoms with van der Waals surface area (Å²) in [6.45, 7) is 6.05. The number of nitrogens with two attached hydrogens (primary N) is 1. The van der Waals surface area contributed by atoms with Gasteiger partial charge in [-0.25, -0.2) is 0 Å². The maximum atomic E-state index is 5.86. The molecule has 0 spiro atoms. The zero-order chi connectivity index (χ0) is 13.3.